The number of nitrogens with one attached hydrogen (secondary N) is 1. The molecule has 1 aromatic carbocycles. The molecule has 0 bridgehead atoms. The molecular weight excluding hydrogens is 318 g/mol. The lowest BCUT2D eigenvalue weighted by molar-refractivity contribution is -0.129. The van der Waals surface area contributed by atoms with Crippen LogP contribution in [0.2, 0.25) is 0 Å². The topological polar surface area (TPSA) is 82.4 Å². The fraction of sp³-hybridized carbons (Fsp3) is 0.526. The van der Waals surface area contributed by atoms with E-state index in [1.165, 1.54) is 0 Å². The number of carbonyl (C=O) groups is 2. The summed E-state index contributed by atoms with van der Waals surface area (Å²) >= 11 is 0. The average molecular weight is 343 g/mol. The molecule has 1 aromatic rings. The highest BCUT2D eigenvalue weighted by Crippen LogP contribution is 2.22. The van der Waals surface area contributed by atoms with Crippen LogP contribution in [0.15, 0.2) is 24.3 Å². The molecule has 0 aromatic heterocycles. The number of amides is 2. The van der Waals surface area contributed by atoms with Gasteiger partial charge in [0.05, 0.1) is 19.1 Å². The quantitative estimate of drug-likeness (QED) is 0.822. The summed E-state index contributed by atoms with van der Waals surface area (Å²) < 4.78 is 5.12. The lowest BCUT2D eigenvalue weighted by atomic mass is 10.0. The second kappa shape index (κ2) is 8.52. The highest BCUT2D eigenvalue weighted by Gasteiger charge is 2.35. The van der Waals surface area contributed by atoms with Gasteiger partial charge in [0.15, 0.2) is 0 Å². The third-order valence-electron chi connectivity index (χ3n) is 4.30. The highest BCUT2D eigenvalue weighted by atomic mass is 16.5. The first-order valence-corrected chi connectivity index (χ1v) is 8.53. The van der Waals surface area contributed by atoms with Crippen LogP contribution in [-0.4, -0.2) is 36.4 Å². The summed E-state index contributed by atoms with van der Waals surface area (Å²) in [5.74, 6) is 0.447. The van der Waals surface area contributed by atoms with E-state index in [-0.39, 0.29) is 18.2 Å². The van der Waals surface area contributed by atoms with Crippen molar-refractivity contribution in [2.75, 3.05) is 13.7 Å². The van der Waals surface area contributed by atoms with Crippen LogP contribution in [0.3, 0.4) is 0 Å². The minimum absolute atomic E-state index is 0.0339. The summed E-state index contributed by atoms with van der Waals surface area (Å²) in [7, 11) is 1.61. The van der Waals surface area contributed by atoms with Crippen LogP contribution < -0.4 is 10.1 Å². The van der Waals surface area contributed by atoms with Gasteiger partial charge >= 0.3 is 0 Å². The predicted molar refractivity (Wildman–Crippen MR) is 93.5 cm³/mol. The van der Waals surface area contributed by atoms with Crippen LogP contribution in [0.5, 0.6) is 5.75 Å². The minimum atomic E-state index is -0.502. The fourth-order valence-electron chi connectivity index (χ4n) is 2.96. The van der Waals surface area contributed by atoms with E-state index in [4.69, 9.17) is 10.00 Å². The number of rotatable bonds is 7. The zero-order chi connectivity index (χ0) is 18.4. The van der Waals surface area contributed by atoms with Crippen molar-refractivity contribution >= 4 is 11.8 Å². The second-order valence-corrected chi connectivity index (χ2v) is 6.84. The van der Waals surface area contributed by atoms with Crippen LogP contribution >= 0.6 is 0 Å². The number of carbonyl (C=O) groups excluding carboxylic acids is 2. The molecule has 6 nitrogen and oxygen atoms in total. The number of benzene rings is 1. The molecule has 6 heteroatoms. The zero-order valence-corrected chi connectivity index (χ0v) is 15.0. The van der Waals surface area contributed by atoms with Gasteiger partial charge in [-0.2, -0.15) is 5.26 Å². The van der Waals surface area contributed by atoms with Crippen molar-refractivity contribution < 1.29 is 14.3 Å². The van der Waals surface area contributed by atoms with Crippen molar-refractivity contribution in [3.05, 3.63) is 29.8 Å². The second-order valence-electron chi connectivity index (χ2n) is 6.84. The maximum absolute atomic E-state index is 12.4. The molecule has 1 fully saturated rings. The summed E-state index contributed by atoms with van der Waals surface area (Å²) in [5, 5.41) is 11.9. The van der Waals surface area contributed by atoms with Crippen LogP contribution in [-0.2, 0) is 16.1 Å². The lowest BCUT2D eigenvalue weighted by Gasteiger charge is -2.18. The Hall–Kier alpha value is -2.55. The van der Waals surface area contributed by atoms with E-state index in [0.29, 0.717) is 25.4 Å². The Balaban J connectivity index is 1.92. The van der Waals surface area contributed by atoms with E-state index in [1.54, 1.807) is 12.0 Å². The molecule has 2 atom stereocenters. The first-order valence-electron chi connectivity index (χ1n) is 8.53. The Morgan fingerprint density at radius 2 is 2.08 bits per heavy atom. The van der Waals surface area contributed by atoms with Crippen molar-refractivity contribution in [3.63, 3.8) is 0 Å². The Kier molecular flexibility index (Phi) is 6.40. The largest absolute Gasteiger partial charge is 0.497 e. The number of ether oxygens (including phenoxy) is 1. The number of hydrogen-bond donors (Lipinski definition) is 1. The van der Waals surface area contributed by atoms with E-state index >= 15 is 0 Å². The molecule has 2 amide bonds. The van der Waals surface area contributed by atoms with Crippen molar-refractivity contribution in [2.45, 2.75) is 39.3 Å². The first-order chi connectivity index (χ1) is 11.9. The van der Waals surface area contributed by atoms with Crippen LogP contribution in [0.4, 0.5) is 0 Å². The summed E-state index contributed by atoms with van der Waals surface area (Å²) in [6, 6.07) is 9.14. The molecule has 0 saturated carbocycles. The van der Waals surface area contributed by atoms with Crippen molar-refractivity contribution in [1.29, 1.82) is 5.26 Å². The summed E-state index contributed by atoms with van der Waals surface area (Å²) in [4.78, 5) is 26.3. The van der Waals surface area contributed by atoms with Crippen molar-refractivity contribution in [3.8, 4) is 11.8 Å². The van der Waals surface area contributed by atoms with Gasteiger partial charge in [0.2, 0.25) is 11.8 Å². The molecule has 0 unspecified atom stereocenters. The maximum atomic E-state index is 12.4. The fourth-order valence-corrected chi connectivity index (χ4v) is 2.96. The molecule has 1 aliphatic rings. The first kappa shape index (κ1) is 18.8. The van der Waals surface area contributed by atoms with E-state index in [2.05, 4.69) is 11.4 Å². The number of methoxy groups -OCH3 is 1. The molecular formula is C19H25N3O3. The van der Waals surface area contributed by atoms with E-state index < -0.39 is 12.0 Å². The third kappa shape index (κ3) is 5.21. The number of nitrogens with zero attached hydrogens (tertiary/aromatic N) is 2. The minimum Gasteiger partial charge on any atom is -0.497 e. The van der Waals surface area contributed by atoms with E-state index in [0.717, 1.165) is 11.3 Å². The van der Waals surface area contributed by atoms with Gasteiger partial charge in [-0.25, -0.2) is 0 Å². The molecule has 25 heavy (non-hydrogen) atoms. The Morgan fingerprint density at radius 3 is 2.64 bits per heavy atom. The predicted octanol–water partition coefficient (Wildman–Crippen LogP) is 2.10. The Labute approximate surface area is 148 Å². The molecule has 134 valence electrons. The van der Waals surface area contributed by atoms with Gasteiger partial charge in [0, 0.05) is 19.5 Å². The SMILES string of the molecule is COc1ccc(CN2C[C@@H](C(=O)N[C@H](C#N)CC(C)C)CC2=O)cc1. The van der Waals surface area contributed by atoms with Gasteiger partial charge < -0.3 is 15.0 Å². The van der Waals surface area contributed by atoms with Crippen molar-refractivity contribution in [2.24, 2.45) is 11.8 Å². The van der Waals surface area contributed by atoms with Gasteiger partial charge in [-0.05, 0) is 30.0 Å². The van der Waals surface area contributed by atoms with Crippen molar-refractivity contribution in [1.82, 2.24) is 10.2 Å². The lowest BCUT2D eigenvalue weighted by Crippen LogP contribution is -2.39. The van der Waals surface area contributed by atoms with Crippen LogP contribution in [0.25, 0.3) is 0 Å². The van der Waals surface area contributed by atoms with Gasteiger partial charge in [-0.3, -0.25) is 9.59 Å². The molecule has 1 aliphatic heterocycles. The highest BCUT2D eigenvalue weighted by molar-refractivity contribution is 5.89. The summed E-state index contributed by atoms with van der Waals surface area (Å²) in [6.07, 6.45) is 0.806. The Bertz CT molecular complexity index is 649. The number of likely N-dealkylation sites (tertiary alicyclic amines) is 1. The third-order valence-corrected chi connectivity index (χ3v) is 4.30. The van der Waals surface area contributed by atoms with Crippen LogP contribution in [0, 0.1) is 23.2 Å². The van der Waals surface area contributed by atoms with Gasteiger partial charge in [0.25, 0.3) is 0 Å². The molecule has 1 saturated heterocycles. The maximum Gasteiger partial charge on any atom is 0.226 e. The smallest absolute Gasteiger partial charge is 0.226 e. The number of hydrogen-bond acceptors (Lipinski definition) is 4. The zero-order valence-electron chi connectivity index (χ0n) is 15.0. The molecule has 0 aliphatic carbocycles. The number of nitriles is 1. The van der Waals surface area contributed by atoms with Gasteiger partial charge in [-0.1, -0.05) is 26.0 Å². The molecule has 0 radical (unpaired) electrons. The molecule has 0 spiro atoms. The Morgan fingerprint density at radius 1 is 1.40 bits per heavy atom. The van der Waals surface area contributed by atoms with Crippen LogP contribution in [0.1, 0.15) is 32.3 Å². The molecule has 1 heterocycles. The van der Waals surface area contributed by atoms with Gasteiger partial charge in [-0.15, -0.1) is 0 Å². The average Bonchev–Trinajstić information content (AvgIpc) is 2.95. The summed E-state index contributed by atoms with van der Waals surface area (Å²) in [6.45, 7) is 4.87. The van der Waals surface area contributed by atoms with E-state index in [9.17, 15) is 9.59 Å². The normalized spacial score (nSPS) is 18.1. The standard InChI is InChI=1S/C19H25N3O3/c1-13(2)8-16(10-20)21-19(24)15-9-18(23)22(12-15)11-14-4-6-17(25-3)7-5-14/h4-7,13,15-16H,8-9,11-12H2,1-3H3,(H,21,24)/t15-,16-/m0/s1. The molecule has 1 N–H and O–H groups in total. The monoisotopic (exact) mass is 343 g/mol. The van der Waals surface area contributed by atoms with E-state index in [1.807, 2.05) is 38.1 Å². The molecule has 2 rings (SSSR count). The van der Waals surface area contributed by atoms with Gasteiger partial charge in [0.1, 0.15) is 11.8 Å². The summed E-state index contributed by atoms with van der Waals surface area (Å²) in [5.41, 5.74) is 0.991.